The van der Waals surface area contributed by atoms with Crippen LogP contribution in [0, 0.1) is 0 Å². The highest BCUT2D eigenvalue weighted by atomic mass is 35.5. The van der Waals surface area contributed by atoms with Crippen molar-refractivity contribution in [3.8, 4) is 11.5 Å². The first-order chi connectivity index (χ1) is 12.1. The maximum absolute atomic E-state index is 12.4. The van der Waals surface area contributed by atoms with E-state index in [4.69, 9.17) is 21.1 Å². The number of fused-ring (bicyclic) bond motifs is 1. The minimum atomic E-state index is -0.121. The largest absolute Gasteiger partial charge is 0.454 e. The van der Waals surface area contributed by atoms with E-state index in [2.05, 4.69) is 11.4 Å². The Bertz CT molecular complexity index is 803. The molecule has 7 heteroatoms. The van der Waals surface area contributed by atoms with Gasteiger partial charge in [-0.1, -0.05) is 17.7 Å². The summed E-state index contributed by atoms with van der Waals surface area (Å²) in [4.78, 5) is 15.2. The number of likely N-dealkylation sites (N-methyl/N-ethyl adjacent to an activating group) is 1. The van der Waals surface area contributed by atoms with Crippen molar-refractivity contribution in [2.75, 3.05) is 20.4 Å². The van der Waals surface area contributed by atoms with Crippen molar-refractivity contribution in [2.45, 2.75) is 24.9 Å². The summed E-state index contributed by atoms with van der Waals surface area (Å²) in [5.74, 6) is 1.63. The molecule has 0 unspecified atom stereocenters. The summed E-state index contributed by atoms with van der Waals surface area (Å²) in [7, 11) is 1.82. The van der Waals surface area contributed by atoms with Crippen LogP contribution in [0.2, 0.25) is 4.34 Å². The van der Waals surface area contributed by atoms with Crippen LogP contribution in [0.3, 0.4) is 0 Å². The van der Waals surface area contributed by atoms with Crippen molar-refractivity contribution < 1.29 is 14.3 Å². The fourth-order valence-corrected chi connectivity index (χ4v) is 4.17. The number of benzene rings is 1. The number of hydrogen-bond acceptors (Lipinski definition) is 5. The number of halogens is 1. The molecule has 4 rings (SSSR count). The Kier molecular flexibility index (Phi) is 4.35. The van der Waals surface area contributed by atoms with E-state index in [1.54, 1.807) is 4.90 Å². The van der Waals surface area contributed by atoms with Gasteiger partial charge in [0.25, 0.3) is 0 Å². The lowest BCUT2D eigenvalue weighted by Crippen LogP contribution is -2.39. The van der Waals surface area contributed by atoms with Crippen LogP contribution < -0.4 is 14.8 Å². The van der Waals surface area contributed by atoms with Crippen LogP contribution in [0.1, 0.15) is 23.3 Å². The predicted molar refractivity (Wildman–Crippen MR) is 97.3 cm³/mol. The number of amides is 1. The Hall–Kier alpha value is -1.76. The number of thiophene rings is 1. The summed E-state index contributed by atoms with van der Waals surface area (Å²) in [6.07, 6.45) is 2.04. The SMILES string of the molecule is CN(Cc1ccc(Cl)s1)C(=O)CNC1(c2ccc3c(c2)OCO3)CC1. The first-order valence-electron chi connectivity index (χ1n) is 8.19. The van der Waals surface area contributed by atoms with Gasteiger partial charge >= 0.3 is 0 Å². The maximum Gasteiger partial charge on any atom is 0.236 e. The van der Waals surface area contributed by atoms with Crippen LogP contribution in [-0.4, -0.2) is 31.2 Å². The Morgan fingerprint density at radius 3 is 2.80 bits per heavy atom. The number of nitrogens with one attached hydrogen (secondary N) is 1. The van der Waals surface area contributed by atoms with Crippen LogP contribution in [0.4, 0.5) is 0 Å². The van der Waals surface area contributed by atoms with Crippen LogP contribution in [-0.2, 0) is 16.9 Å². The Labute approximate surface area is 155 Å². The fraction of sp³-hybridized carbons (Fsp3) is 0.389. The summed E-state index contributed by atoms with van der Waals surface area (Å²) < 4.78 is 11.6. The highest BCUT2D eigenvalue weighted by Gasteiger charge is 2.44. The molecular formula is C18H19ClN2O3S. The van der Waals surface area contributed by atoms with Crippen molar-refractivity contribution in [1.29, 1.82) is 0 Å². The zero-order valence-electron chi connectivity index (χ0n) is 13.9. The second-order valence-corrected chi connectivity index (χ2v) is 8.26. The lowest BCUT2D eigenvalue weighted by atomic mass is 10.0. The monoisotopic (exact) mass is 378 g/mol. The first-order valence-corrected chi connectivity index (χ1v) is 9.38. The minimum Gasteiger partial charge on any atom is -0.454 e. The molecular weight excluding hydrogens is 360 g/mol. The average Bonchev–Trinajstić information content (AvgIpc) is 3.05. The standard InChI is InChI=1S/C18H19ClN2O3S/c1-21(10-13-3-5-16(19)25-13)17(22)9-20-18(6-7-18)12-2-4-14-15(8-12)24-11-23-14/h2-5,8,20H,6-7,9-11H2,1H3. The van der Waals surface area contributed by atoms with Gasteiger partial charge in [-0.25, -0.2) is 0 Å². The molecule has 1 amide bonds. The van der Waals surface area contributed by atoms with Crippen molar-refractivity contribution in [2.24, 2.45) is 0 Å². The molecule has 1 aromatic heterocycles. The Morgan fingerprint density at radius 1 is 1.28 bits per heavy atom. The predicted octanol–water partition coefficient (Wildman–Crippen LogP) is 3.37. The second-order valence-electron chi connectivity index (χ2n) is 6.46. The third kappa shape index (κ3) is 3.47. The molecule has 0 radical (unpaired) electrons. The van der Waals surface area contributed by atoms with Gasteiger partial charge < -0.3 is 14.4 Å². The van der Waals surface area contributed by atoms with Crippen LogP contribution >= 0.6 is 22.9 Å². The lowest BCUT2D eigenvalue weighted by molar-refractivity contribution is -0.129. The third-order valence-corrected chi connectivity index (χ3v) is 5.92. The highest BCUT2D eigenvalue weighted by molar-refractivity contribution is 7.16. The summed E-state index contributed by atoms with van der Waals surface area (Å²) in [5, 5.41) is 3.44. The molecule has 1 N–H and O–H groups in total. The molecule has 1 saturated carbocycles. The molecule has 0 saturated heterocycles. The van der Waals surface area contributed by atoms with E-state index in [0.717, 1.165) is 39.1 Å². The molecule has 0 atom stereocenters. The van der Waals surface area contributed by atoms with E-state index in [0.29, 0.717) is 13.1 Å². The molecule has 2 aliphatic rings. The van der Waals surface area contributed by atoms with Gasteiger partial charge in [-0.15, -0.1) is 11.3 Å². The molecule has 2 heterocycles. The molecule has 1 aromatic carbocycles. The van der Waals surface area contributed by atoms with E-state index in [1.165, 1.54) is 11.3 Å². The average molecular weight is 379 g/mol. The van der Waals surface area contributed by atoms with Gasteiger partial charge in [-0.05, 0) is 42.7 Å². The van der Waals surface area contributed by atoms with Gasteiger partial charge in [0.15, 0.2) is 11.5 Å². The molecule has 5 nitrogen and oxygen atoms in total. The van der Waals surface area contributed by atoms with Crippen LogP contribution in [0.5, 0.6) is 11.5 Å². The maximum atomic E-state index is 12.4. The van der Waals surface area contributed by atoms with Gasteiger partial charge in [-0.3, -0.25) is 10.1 Å². The van der Waals surface area contributed by atoms with Gasteiger partial charge in [0, 0.05) is 17.5 Å². The number of hydrogen-bond donors (Lipinski definition) is 1. The molecule has 1 aliphatic heterocycles. The van der Waals surface area contributed by atoms with E-state index in [-0.39, 0.29) is 18.2 Å². The van der Waals surface area contributed by atoms with Crippen molar-refractivity contribution >= 4 is 28.8 Å². The molecule has 1 aliphatic carbocycles. The van der Waals surface area contributed by atoms with Crippen molar-refractivity contribution in [1.82, 2.24) is 10.2 Å². The number of nitrogens with zero attached hydrogens (tertiary/aromatic N) is 1. The zero-order chi connectivity index (χ0) is 17.4. The van der Waals surface area contributed by atoms with E-state index >= 15 is 0 Å². The number of rotatable bonds is 6. The van der Waals surface area contributed by atoms with Crippen molar-refractivity contribution in [3.05, 3.63) is 45.1 Å². The molecule has 2 aromatic rings. The topological polar surface area (TPSA) is 50.8 Å². The Balaban J connectivity index is 1.36. The van der Waals surface area contributed by atoms with Crippen LogP contribution in [0.25, 0.3) is 0 Å². The van der Waals surface area contributed by atoms with Gasteiger partial charge in [-0.2, -0.15) is 0 Å². The molecule has 25 heavy (non-hydrogen) atoms. The smallest absolute Gasteiger partial charge is 0.236 e. The molecule has 132 valence electrons. The summed E-state index contributed by atoms with van der Waals surface area (Å²) in [6, 6.07) is 9.82. The Morgan fingerprint density at radius 2 is 2.08 bits per heavy atom. The molecule has 0 bridgehead atoms. The fourth-order valence-electron chi connectivity index (χ4n) is 3.03. The highest BCUT2D eigenvalue weighted by Crippen LogP contribution is 2.48. The van der Waals surface area contributed by atoms with Gasteiger partial charge in [0.05, 0.1) is 17.4 Å². The third-order valence-electron chi connectivity index (χ3n) is 4.70. The minimum absolute atomic E-state index is 0.0662. The first kappa shape index (κ1) is 16.7. The second kappa shape index (κ2) is 6.52. The lowest BCUT2D eigenvalue weighted by Gasteiger charge is -2.21. The van der Waals surface area contributed by atoms with Crippen molar-refractivity contribution in [3.63, 3.8) is 0 Å². The normalized spacial score (nSPS) is 16.7. The summed E-state index contributed by atoms with van der Waals surface area (Å²) in [5.41, 5.74) is 1.03. The quantitative estimate of drug-likeness (QED) is 0.837. The number of ether oxygens (including phenoxy) is 2. The van der Waals surface area contributed by atoms with E-state index in [1.807, 2.05) is 31.3 Å². The van der Waals surface area contributed by atoms with Gasteiger partial charge in [0.2, 0.25) is 12.7 Å². The summed E-state index contributed by atoms with van der Waals surface area (Å²) >= 11 is 7.45. The van der Waals surface area contributed by atoms with Gasteiger partial charge in [0.1, 0.15) is 0 Å². The van der Waals surface area contributed by atoms with Crippen LogP contribution in [0.15, 0.2) is 30.3 Å². The van der Waals surface area contributed by atoms with E-state index < -0.39 is 0 Å². The molecule has 1 fully saturated rings. The number of carbonyl (C=O) groups excluding carboxylic acids is 1. The zero-order valence-corrected chi connectivity index (χ0v) is 15.5. The molecule has 0 spiro atoms. The number of carbonyl (C=O) groups is 1. The van der Waals surface area contributed by atoms with E-state index in [9.17, 15) is 4.79 Å². The summed E-state index contributed by atoms with van der Waals surface area (Å²) in [6.45, 7) is 1.16.